The predicted octanol–water partition coefficient (Wildman–Crippen LogP) is 0.213. The summed E-state index contributed by atoms with van der Waals surface area (Å²) in [6.45, 7) is 6.00. The fourth-order valence-corrected chi connectivity index (χ4v) is 2.80. The number of anilines is 1. The van der Waals surface area contributed by atoms with Gasteiger partial charge in [-0.25, -0.2) is 4.79 Å². The normalized spacial score (nSPS) is 16.1. The molecule has 0 bridgehead atoms. The summed E-state index contributed by atoms with van der Waals surface area (Å²) in [4.78, 5) is 23.0. The van der Waals surface area contributed by atoms with Gasteiger partial charge >= 0.3 is 5.69 Å². The van der Waals surface area contributed by atoms with Gasteiger partial charge in [0.25, 0.3) is 0 Å². The minimum atomic E-state index is -0.0875. The summed E-state index contributed by atoms with van der Waals surface area (Å²) in [6, 6.07) is 0. The van der Waals surface area contributed by atoms with Crippen LogP contribution in [0, 0.1) is 0 Å². The molecule has 2 aromatic rings. The molecule has 0 radical (unpaired) electrons. The average molecular weight is 297 g/mol. The molecule has 0 aliphatic carbocycles. The number of fused-ring (bicyclic) bond motifs is 1. The number of hydrogen-bond donors (Lipinski definition) is 1. The van der Waals surface area contributed by atoms with Gasteiger partial charge in [-0.05, 0) is 18.5 Å². The molecule has 8 heteroatoms. The summed E-state index contributed by atoms with van der Waals surface area (Å²) in [5.74, 6) is 0.751. The first-order valence-corrected chi connectivity index (χ1v) is 7.09. The third-order valence-electron chi connectivity index (χ3n) is 3.66. The predicted molar refractivity (Wildman–Crippen MR) is 78.5 cm³/mol. The zero-order chi connectivity index (χ0) is 14.3. The molecule has 0 aromatic carbocycles. The van der Waals surface area contributed by atoms with Crippen molar-refractivity contribution in [2.24, 2.45) is 7.05 Å². The van der Waals surface area contributed by atoms with Crippen molar-refractivity contribution in [2.75, 3.05) is 31.1 Å². The molecular weight excluding hydrogens is 280 g/mol. The van der Waals surface area contributed by atoms with Gasteiger partial charge in [-0.2, -0.15) is 9.97 Å². The Bertz CT molecular complexity index is 700. The molecule has 1 fully saturated rings. The maximum Gasteiger partial charge on any atom is 0.330 e. The summed E-state index contributed by atoms with van der Waals surface area (Å²) >= 11 is 6.03. The second kappa shape index (κ2) is 5.06. The van der Waals surface area contributed by atoms with E-state index in [1.54, 1.807) is 11.6 Å². The number of aromatic nitrogens is 4. The van der Waals surface area contributed by atoms with Crippen LogP contribution in [0.15, 0.2) is 4.79 Å². The van der Waals surface area contributed by atoms with Crippen molar-refractivity contribution in [3.63, 3.8) is 0 Å². The van der Waals surface area contributed by atoms with Gasteiger partial charge in [0.05, 0.1) is 0 Å². The minimum Gasteiger partial charge on any atom is -0.352 e. The second-order valence-corrected chi connectivity index (χ2v) is 5.15. The summed E-state index contributed by atoms with van der Waals surface area (Å²) in [5.41, 5.74) is 1.27. The Hall–Kier alpha value is -1.60. The molecule has 108 valence electrons. The van der Waals surface area contributed by atoms with E-state index in [1.807, 2.05) is 6.92 Å². The van der Waals surface area contributed by atoms with Gasteiger partial charge in [0.1, 0.15) is 5.52 Å². The van der Waals surface area contributed by atoms with E-state index in [0.29, 0.717) is 12.2 Å². The molecule has 20 heavy (non-hydrogen) atoms. The van der Waals surface area contributed by atoms with E-state index >= 15 is 0 Å². The lowest BCUT2D eigenvalue weighted by molar-refractivity contribution is 0.584. The van der Waals surface area contributed by atoms with Crippen molar-refractivity contribution in [3.05, 3.63) is 15.8 Å². The van der Waals surface area contributed by atoms with Crippen LogP contribution in [0.5, 0.6) is 0 Å². The lowest BCUT2D eigenvalue weighted by atomic mass is 10.3. The number of imidazole rings is 1. The highest BCUT2D eigenvalue weighted by Crippen LogP contribution is 2.25. The van der Waals surface area contributed by atoms with E-state index in [1.165, 1.54) is 4.57 Å². The molecule has 0 spiro atoms. The van der Waals surface area contributed by atoms with Crippen LogP contribution in [0.3, 0.4) is 0 Å². The fraction of sp³-hybridized carbons (Fsp3) is 0.583. The van der Waals surface area contributed by atoms with Crippen molar-refractivity contribution in [3.8, 4) is 0 Å². The van der Waals surface area contributed by atoms with E-state index in [4.69, 9.17) is 11.6 Å². The molecule has 0 saturated carbocycles. The fourth-order valence-electron chi connectivity index (χ4n) is 2.64. The highest BCUT2D eigenvalue weighted by atomic mass is 35.5. The summed E-state index contributed by atoms with van der Waals surface area (Å²) in [5, 5.41) is 3.48. The molecule has 1 aliphatic heterocycles. The molecule has 2 aromatic heterocycles. The largest absolute Gasteiger partial charge is 0.352 e. The smallest absolute Gasteiger partial charge is 0.330 e. The number of nitrogens with zero attached hydrogens (tertiary/aromatic N) is 5. The molecule has 1 aliphatic rings. The number of nitrogens with one attached hydrogen (secondary N) is 1. The molecule has 3 rings (SSSR count). The molecule has 0 atom stereocenters. The zero-order valence-corrected chi connectivity index (χ0v) is 12.3. The van der Waals surface area contributed by atoms with Gasteiger partial charge in [0.2, 0.25) is 5.28 Å². The lowest BCUT2D eigenvalue weighted by Crippen LogP contribution is -2.44. The molecule has 1 saturated heterocycles. The zero-order valence-electron chi connectivity index (χ0n) is 11.6. The third kappa shape index (κ3) is 1.97. The molecule has 3 heterocycles. The van der Waals surface area contributed by atoms with Crippen molar-refractivity contribution >= 4 is 28.6 Å². The maximum absolute atomic E-state index is 12.2. The quantitative estimate of drug-likeness (QED) is 0.803. The first-order chi connectivity index (χ1) is 9.63. The van der Waals surface area contributed by atoms with Gasteiger partial charge in [-0.15, -0.1) is 0 Å². The van der Waals surface area contributed by atoms with Gasteiger partial charge in [-0.3, -0.25) is 9.13 Å². The number of halogens is 1. The van der Waals surface area contributed by atoms with Crippen LogP contribution in [0.1, 0.15) is 6.92 Å². The second-order valence-electron chi connectivity index (χ2n) is 4.81. The van der Waals surface area contributed by atoms with Crippen LogP contribution in [0.2, 0.25) is 5.28 Å². The number of rotatable bonds is 2. The number of aryl methyl sites for hydroxylation is 2. The van der Waals surface area contributed by atoms with E-state index in [-0.39, 0.29) is 11.0 Å². The molecule has 1 N–H and O–H groups in total. The summed E-state index contributed by atoms with van der Waals surface area (Å²) in [6.07, 6.45) is 0. The first kappa shape index (κ1) is 13.4. The van der Waals surface area contributed by atoms with Gasteiger partial charge in [-0.1, -0.05) is 0 Å². The van der Waals surface area contributed by atoms with Gasteiger partial charge < -0.3 is 10.2 Å². The first-order valence-electron chi connectivity index (χ1n) is 6.72. The van der Waals surface area contributed by atoms with Crippen molar-refractivity contribution in [1.82, 2.24) is 24.4 Å². The number of piperazine rings is 1. The van der Waals surface area contributed by atoms with Crippen LogP contribution >= 0.6 is 11.6 Å². The highest BCUT2D eigenvalue weighted by Gasteiger charge is 2.22. The Morgan fingerprint density at radius 1 is 1.30 bits per heavy atom. The Kier molecular flexibility index (Phi) is 3.39. The topological polar surface area (TPSA) is 68.0 Å². The average Bonchev–Trinajstić information content (AvgIpc) is 2.71. The summed E-state index contributed by atoms with van der Waals surface area (Å²) in [7, 11) is 1.71. The monoisotopic (exact) mass is 296 g/mol. The Labute approximate surface area is 121 Å². The van der Waals surface area contributed by atoms with E-state index in [0.717, 1.165) is 37.5 Å². The van der Waals surface area contributed by atoms with E-state index in [2.05, 4.69) is 20.2 Å². The SMILES string of the molecule is CCn1c(=O)n(C)c2nc(Cl)nc(N3CCNCC3)c21. The Morgan fingerprint density at radius 2 is 2.00 bits per heavy atom. The van der Waals surface area contributed by atoms with Crippen LogP contribution in [-0.4, -0.2) is 45.3 Å². The van der Waals surface area contributed by atoms with Crippen LogP contribution in [0.25, 0.3) is 11.2 Å². The third-order valence-corrected chi connectivity index (χ3v) is 3.83. The minimum absolute atomic E-state index is 0.0875. The molecule has 0 unspecified atom stereocenters. The Morgan fingerprint density at radius 3 is 2.65 bits per heavy atom. The van der Waals surface area contributed by atoms with Crippen LogP contribution in [0.4, 0.5) is 5.82 Å². The highest BCUT2D eigenvalue weighted by molar-refractivity contribution is 6.28. The standard InChI is InChI=1S/C12H17ClN6O/c1-3-19-8-9(17(2)12(19)20)15-11(13)16-10(8)18-6-4-14-5-7-18/h14H,3-7H2,1-2H3. The Balaban J connectivity index is 2.29. The molecule has 7 nitrogen and oxygen atoms in total. The van der Waals surface area contributed by atoms with Crippen molar-refractivity contribution in [1.29, 1.82) is 0 Å². The molecular formula is C12H17ClN6O. The van der Waals surface area contributed by atoms with Crippen LogP contribution < -0.4 is 15.9 Å². The maximum atomic E-state index is 12.2. The van der Waals surface area contributed by atoms with E-state index < -0.39 is 0 Å². The van der Waals surface area contributed by atoms with E-state index in [9.17, 15) is 4.79 Å². The molecule has 0 amide bonds. The summed E-state index contributed by atoms with van der Waals surface area (Å²) < 4.78 is 3.22. The lowest BCUT2D eigenvalue weighted by Gasteiger charge is -2.28. The van der Waals surface area contributed by atoms with Crippen molar-refractivity contribution < 1.29 is 0 Å². The van der Waals surface area contributed by atoms with Gasteiger partial charge in [0, 0.05) is 39.8 Å². The van der Waals surface area contributed by atoms with Gasteiger partial charge in [0.15, 0.2) is 11.5 Å². The number of hydrogen-bond acceptors (Lipinski definition) is 5. The van der Waals surface area contributed by atoms with Crippen LogP contribution in [-0.2, 0) is 13.6 Å². The van der Waals surface area contributed by atoms with Crippen molar-refractivity contribution in [2.45, 2.75) is 13.5 Å².